The van der Waals surface area contributed by atoms with E-state index in [2.05, 4.69) is 9.71 Å². The summed E-state index contributed by atoms with van der Waals surface area (Å²) in [5, 5.41) is 10.6. The molecule has 0 aliphatic rings. The third kappa shape index (κ3) is 5.18. The fraction of sp³-hybridized carbons (Fsp3) is 0.300. The van der Waals surface area contributed by atoms with Crippen LogP contribution in [0.3, 0.4) is 0 Å². The monoisotopic (exact) mass is 434 g/mol. The number of sulfonamides is 1. The first-order valence-corrected chi connectivity index (χ1v) is 11.4. The highest BCUT2D eigenvalue weighted by molar-refractivity contribution is 7.91. The Morgan fingerprint density at radius 1 is 1.14 bits per heavy atom. The Morgan fingerprint density at radius 2 is 1.79 bits per heavy atom. The largest absolute Gasteiger partial charge is 0.463 e. The SMILES string of the molecule is CC(C)COC(=O)[C@@H](O)[C@@H](NS(=O)(=O)c1nc2ccccc2s1)c1ccccc1. The van der Waals surface area contributed by atoms with Crippen LogP contribution in [-0.2, 0) is 19.6 Å². The number of ether oxygens (including phenoxy) is 1. The average Bonchev–Trinajstić information content (AvgIpc) is 3.16. The summed E-state index contributed by atoms with van der Waals surface area (Å²) in [4.78, 5) is 16.5. The summed E-state index contributed by atoms with van der Waals surface area (Å²) in [6.07, 6.45) is -1.71. The van der Waals surface area contributed by atoms with E-state index in [-0.39, 0.29) is 16.9 Å². The molecule has 2 N–H and O–H groups in total. The lowest BCUT2D eigenvalue weighted by molar-refractivity contribution is -0.156. The molecule has 0 saturated heterocycles. The van der Waals surface area contributed by atoms with Crippen molar-refractivity contribution in [2.24, 2.45) is 5.92 Å². The van der Waals surface area contributed by atoms with Crippen LogP contribution in [0.5, 0.6) is 0 Å². The number of fused-ring (bicyclic) bond motifs is 1. The molecule has 1 aromatic heterocycles. The minimum atomic E-state index is -4.09. The van der Waals surface area contributed by atoms with E-state index in [0.29, 0.717) is 11.1 Å². The van der Waals surface area contributed by atoms with Crippen molar-refractivity contribution in [3.05, 3.63) is 60.2 Å². The zero-order chi connectivity index (χ0) is 21.0. The fourth-order valence-electron chi connectivity index (χ4n) is 2.63. The molecule has 0 radical (unpaired) electrons. The molecule has 0 aliphatic carbocycles. The Bertz CT molecular complexity index is 1050. The summed E-state index contributed by atoms with van der Waals surface area (Å²) < 4.78 is 34.0. The highest BCUT2D eigenvalue weighted by Gasteiger charge is 2.34. The molecule has 0 fully saturated rings. The number of hydrogen-bond donors (Lipinski definition) is 2. The highest BCUT2D eigenvalue weighted by atomic mass is 32.2. The van der Waals surface area contributed by atoms with E-state index in [0.717, 1.165) is 16.0 Å². The van der Waals surface area contributed by atoms with Crippen molar-refractivity contribution in [2.45, 2.75) is 30.3 Å². The summed E-state index contributed by atoms with van der Waals surface area (Å²) >= 11 is 1.02. The Balaban J connectivity index is 1.90. The van der Waals surface area contributed by atoms with E-state index in [4.69, 9.17) is 4.74 Å². The number of thiazole rings is 1. The summed E-state index contributed by atoms with van der Waals surface area (Å²) in [5.41, 5.74) is 0.997. The molecular weight excluding hydrogens is 412 g/mol. The minimum absolute atomic E-state index is 0.0840. The topological polar surface area (TPSA) is 106 Å². The molecule has 0 unspecified atom stereocenters. The molecule has 154 valence electrons. The third-order valence-corrected chi connectivity index (χ3v) is 6.92. The molecule has 3 aromatic rings. The van der Waals surface area contributed by atoms with Gasteiger partial charge in [-0.3, -0.25) is 0 Å². The van der Waals surface area contributed by atoms with Gasteiger partial charge in [-0.1, -0.05) is 56.3 Å². The van der Waals surface area contributed by atoms with Gasteiger partial charge in [-0.15, -0.1) is 11.3 Å². The van der Waals surface area contributed by atoms with Gasteiger partial charge >= 0.3 is 5.97 Å². The predicted octanol–water partition coefficient (Wildman–Crippen LogP) is 2.88. The molecule has 0 amide bonds. The van der Waals surface area contributed by atoms with Crippen molar-refractivity contribution in [3.8, 4) is 0 Å². The molecule has 2 atom stereocenters. The number of nitrogens with zero attached hydrogens (tertiary/aromatic N) is 1. The molecule has 7 nitrogen and oxygen atoms in total. The third-order valence-electron chi connectivity index (χ3n) is 4.06. The molecule has 0 aliphatic heterocycles. The molecular formula is C20H22N2O5S2. The first kappa shape index (κ1) is 21.4. The number of carbonyl (C=O) groups is 1. The normalized spacial score (nSPS) is 14.1. The predicted molar refractivity (Wildman–Crippen MR) is 111 cm³/mol. The van der Waals surface area contributed by atoms with E-state index >= 15 is 0 Å². The zero-order valence-corrected chi connectivity index (χ0v) is 17.6. The van der Waals surface area contributed by atoms with Crippen LogP contribution in [0.1, 0.15) is 25.5 Å². The second-order valence-corrected chi connectivity index (χ2v) is 9.84. The lowest BCUT2D eigenvalue weighted by atomic mass is 10.0. The molecule has 3 rings (SSSR count). The number of para-hydroxylation sites is 1. The van der Waals surface area contributed by atoms with Crippen LogP contribution in [0.25, 0.3) is 10.2 Å². The van der Waals surface area contributed by atoms with Crippen LogP contribution < -0.4 is 4.72 Å². The minimum Gasteiger partial charge on any atom is -0.463 e. The Morgan fingerprint density at radius 3 is 2.45 bits per heavy atom. The smallest absolute Gasteiger partial charge is 0.337 e. The molecule has 2 aromatic carbocycles. The Kier molecular flexibility index (Phi) is 6.63. The van der Waals surface area contributed by atoms with Gasteiger partial charge in [0.05, 0.1) is 22.9 Å². The maximum Gasteiger partial charge on any atom is 0.337 e. The summed E-state index contributed by atoms with van der Waals surface area (Å²) in [6, 6.07) is 14.3. The Labute approximate surface area is 173 Å². The van der Waals surface area contributed by atoms with Crippen LogP contribution in [-0.4, -0.2) is 37.2 Å². The zero-order valence-electron chi connectivity index (χ0n) is 16.0. The van der Waals surface area contributed by atoms with Gasteiger partial charge in [-0.05, 0) is 23.6 Å². The molecule has 0 spiro atoms. The number of aliphatic hydroxyl groups is 1. The molecule has 9 heteroatoms. The number of rotatable bonds is 8. The highest BCUT2D eigenvalue weighted by Crippen LogP contribution is 2.27. The van der Waals surface area contributed by atoms with E-state index < -0.39 is 28.1 Å². The van der Waals surface area contributed by atoms with Crippen LogP contribution in [0.2, 0.25) is 0 Å². The van der Waals surface area contributed by atoms with Crippen LogP contribution in [0.4, 0.5) is 0 Å². The number of benzene rings is 2. The lowest BCUT2D eigenvalue weighted by Crippen LogP contribution is -2.41. The van der Waals surface area contributed by atoms with Gasteiger partial charge in [0.15, 0.2) is 6.10 Å². The van der Waals surface area contributed by atoms with Crippen molar-refractivity contribution < 1.29 is 23.1 Å². The van der Waals surface area contributed by atoms with Crippen LogP contribution in [0.15, 0.2) is 58.9 Å². The number of esters is 1. The first-order valence-electron chi connectivity index (χ1n) is 9.05. The number of carbonyl (C=O) groups excluding carboxylic acids is 1. The van der Waals surface area contributed by atoms with Gasteiger partial charge in [0.1, 0.15) is 0 Å². The quantitative estimate of drug-likeness (QED) is 0.528. The molecule has 1 heterocycles. The summed E-state index contributed by atoms with van der Waals surface area (Å²) in [7, 11) is -4.09. The van der Waals surface area contributed by atoms with Crippen molar-refractivity contribution >= 4 is 37.5 Å². The maximum absolute atomic E-state index is 13.0. The summed E-state index contributed by atoms with van der Waals surface area (Å²) in [6.45, 7) is 3.86. The lowest BCUT2D eigenvalue weighted by Gasteiger charge is -2.23. The van der Waals surface area contributed by atoms with Crippen molar-refractivity contribution in [2.75, 3.05) is 6.61 Å². The number of hydrogen-bond acceptors (Lipinski definition) is 7. The van der Waals surface area contributed by atoms with E-state index in [1.807, 2.05) is 13.8 Å². The van der Waals surface area contributed by atoms with Gasteiger partial charge in [0, 0.05) is 0 Å². The molecule has 29 heavy (non-hydrogen) atoms. The molecule has 0 saturated carbocycles. The van der Waals surface area contributed by atoms with Gasteiger partial charge in [0.25, 0.3) is 10.0 Å². The van der Waals surface area contributed by atoms with E-state index in [1.165, 1.54) is 0 Å². The fourth-order valence-corrected chi connectivity index (χ4v) is 5.10. The molecule has 0 bridgehead atoms. The number of aliphatic hydroxyl groups excluding tert-OH is 1. The van der Waals surface area contributed by atoms with Gasteiger partial charge in [-0.2, -0.15) is 4.72 Å². The van der Waals surface area contributed by atoms with Crippen LogP contribution in [0, 0.1) is 5.92 Å². The Hall–Kier alpha value is -2.33. The second-order valence-electron chi connectivity index (χ2n) is 6.93. The van der Waals surface area contributed by atoms with Crippen molar-refractivity contribution in [1.82, 2.24) is 9.71 Å². The van der Waals surface area contributed by atoms with Crippen LogP contribution >= 0.6 is 11.3 Å². The van der Waals surface area contributed by atoms with Crippen molar-refractivity contribution in [3.63, 3.8) is 0 Å². The van der Waals surface area contributed by atoms with Gasteiger partial charge in [0.2, 0.25) is 4.34 Å². The number of nitrogens with one attached hydrogen (secondary N) is 1. The van der Waals surface area contributed by atoms with E-state index in [9.17, 15) is 18.3 Å². The number of aromatic nitrogens is 1. The van der Waals surface area contributed by atoms with Gasteiger partial charge < -0.3 is 9.84 Å². The maximum atomic E-state index is 13.0. The van der Waals surface area contributed by atoms with Gasteiger partial charge in [-0.25, -0.2) is 18.2 Å². The summed E-state index contributed by atoms with van der Waals surface area (Å²) in [5.74, 6) is -0.805. The standard InChI is InChI=1S/C20H22N2O5S2/c1-13(2)12-27-19(24)18(23)17(14-8-4-3-5-9-14)22-29(25,26)20-21-15-10-6-7-11-16(15)28-20/h3-11,13,17-18,22-23H,12H2,1-2H3/t17-,18-/m0/s1. The second kappa shape index (κ2) is 9.00. The van der Waals surface area contributed by atoms with E-state index in [1.54, 1.807) is 54.6 Å². The van der Waals surface area contributed by atoms with Crippen molar-refractivity contribution in [1.29, 1.82) is 0 Å². The first-order chi connectivity index (χ1) is 13.8. The average molecular weight is 435 g/mol.